The molecule has 90 valence electrons. The van der Waals surface area contributed by atoms with Crippen molar-refractivity contribution in [3.63, 3.8) is 0 Å². The molecule has 1 fully saturated rings. The first-order chi connectivity index (χ1) is 7.27. The van der Waals surface area contributed by atoms with Gasteiger partial charge in [-0.2, -0.15) is 0 Å². The minimum atomic E-state index is 0.731. The van der Waals surface area contributed by atoms with Crippen LogP contribution < -0.4 is 5.32 Å². The van der Waals surface area contributed by atoms with Crippen LogP contribution in [0.1, 0.15) is 52.9 Å². The van der Waals surface area contributed by atoms with Crippen molar-refractivity contribution in [2.75, 3.05) is 19.6 Å². The Morgan fingerprint density at radius 2 is 2.00 bits per heavy atom. The standard InChI is InChI=1S/C13H28N2/c1-4-6-7-9-15-11-13(8-5-2)14-10-12(15)3/h12-14H,4-11H2,1-3H3. The Morgan fingerprint density at radius 1 is 1.20 bits per heavy atom. The van der Waals surface area contributed by atoms with Crippen LogP contribution in [-0.4, -0.2) is 36.6 Å². The maximum Gasteiger partial charge on any atom is 0.0195 e. The third-order valence-corrected chi connectivity index (χ3v) is 3.47. The third kappa shape index (κ3) is 4.52. The summed E-state index contributed by atoms with van der Waals surface area (Å²) in [5.41, 5.74) is 0. The van der Waals surface area contributed by atoms with E-state index in [1.165, 1.54) is 51.7 Å². The van der Waals surface area contributed by atoms with Gasteiger partial charge in [-0.15, -0.1) is 0 Å². The van der Waals surface area contributed by atoms with E-state index in [9.17, 15) is 0 Å². The Bertz CT molecular complexity index is 159. The number of nitrogens with zero attached hydrogens (tertiary/aromatic N) is 1. The Morgan fingerprint density at radius 3 is 2.67 bits per heavy atom. The molecule has 0 saturated carbocycles. The van der Waals surface area contributed by atoms with Crippen LogP contribution >= 0.6 is 0 Å². The lowest BCUT2D eigenvalue weighted by Gasteiger charge is -2.39. The van der Waals surface area contributed by atoms with E-state index in [0.29, 0.717) is 0 Å². The summed E-state index contributed by atoms with van der Waals surface area (Å²) >= 11 is 0. The van der Waals surface area contributed by atoms with Gasteiger partial charge < -0.3 is 5.32 Å². The van der Waals surface area contributed by atoms with Gasteiger partial charge >= 0.3 is 0 Å². The van der Waals surface area contributed by atoms with Crippen LogP contribution in [0.3, 0.4) is 0 Å². The summed E-state index contributed by atoms with van der Waals surface area (Å²) in [6.45, 7) is 10.6. The molecule has 1 saturated heterocycles. The monoisotopic (exact) mass is 212 g/mol. The highest BCUT2D eigenvalue weighted by Crippen LogP contribution is 2.11. The van der Waals surface area contributed by atoms with Gasteiger partial charge in [0.05, 0.1) is 0 Å². The molecule has 2 heteroatoms. The van der Waals surface area contributed by atoms with E-state index < -0.39 is 0 Å². The lowest BCUT2D eigenvalue weighted by molar-refractivity contribution is 0.134. The summed E-state index contributed by atoms with van der Waals surface area (Å²) in [5, 5.41) is 3.65. The zero-order valence-corrected chi connectivity index (χ0v) is 10.8. The number of piperazine rings is 1. The number of rotatable bonds is 6. The maximum absolute atomic E-state index is 3.65. The summed E-state index contributed by atoms with van der Waals surface area (Å²) < 4.78 is 0. The van der Waals surface area contributed by atoms with Gasteiger partial charge in [-0.05, 0) is 26.3 Å². The molecule has 15 heavy (non-hydrogen) atoms. The molecular formula is C13H28N2. The smallest absolute Gasteiger partial charge is 0.0195 e. The molecule has 0 radical (unpaired) electrons. The highest BCUT2D eigenvalue weighted by molar-refractivity contribution is 4.83. The van der Waals surface area contributed by atoms with Crippen LogP contribution in [0.15, 0.2) is 0 Å². The number of hydrogen-bond donors (Lipinski definition) is 1. The van der Waals surface area contributed by atoms with Crippen molar-refractivity contribution >= 4 is 0 Å². The van der Waals surface area contributed by atoms with Gasteiger partial charge in [0, 0.05) is 25.2 Å². The topological polar surface area (TPSA) is 15.3 Å². The number of nitrogens with one attached hydrogen (secondary N) is 1. The van der Waals surface area contributed by atoms with Crippen molar-refractivity contribution in [1.82, 2.24) is 10.2 Å². The quantitative estimate of drug-likeness (QED) is 0.681. The molecule has 2 atom stereocenters. The van der Waals surface area contributed by atoms with E-state index in [0.717, 1.165) is 12.1 Å². The molecule has 1 aliphatic heterocycles. The molecule has 1 rings (SSSR count). The van der Waals surface area contributed by atoms with E-state index in [1.54, 1.807) is 0 Å². The van der Waals surface area contributed by atoms with Crippen molar-refractivity contribution in [1.29, 1.82) is 0 Å². The fourth-order valence-corrected chi connectivity index (χ4v) is 2.41. The average molecular weight is 212 g/mol. The molecule has 2 nitrogen and oxygen atoms in total. The number of unbranched alkanes of at least 4 members (excludes halogenated alkanes) is 2. The second-order valence-electron chi connectivity index (χ2n) is 4.94. The van der Waals surface area contributed by atoms with E-state index in [-0.39, 0.29) is 0 Å². The first-order valence-electron chi connectivity index (χ1n) is 6.75. The first kappa shape index (κ1) is 13.0. The minimum absolute atomic E-state index is 0.731. The lowest BCUT2D eigenvalue weighted by Crippen LogP contribution is -2.55. The fraction of sp³-hybridized carbons (Fsp3) is 1.00. The summed E-state index contributed by atoms with van der Waals surface area (Å²) in [6.07, 6.45) is 6.72. The van der Waals surface area contributed by atoms with Gasteiger partial charge in [0.1, 0.15) is 0 Å². The Balaban J connectivity index is 2.26. The fourth-order valence-electron chi connectivity index (χ4n) is 2.41. The molecular weight excluding hydrogens is 184 g/mol. The van der Waals surface area contributed by atoms with Gasteiger partial charge in [0.25, 0.3) is 0 Å². The third-order valence-electron chi connectivity index (χ3n) is 3.47. The molecule has 1 N–H and O–H groups in total. The largest absolute Gasteiger partial charge is 0.311 e. The van der Waals surface area contributed by atoms with Crippen LogP contribution in [0.2, 0.25) is 0 Å². The second-order valence-corrected chi connectivity index (χ2v) is 4.94. The number of hydrogen-bond acceptors (Lipinski definition) is 2. The van der Waals surface area contributed by atoms with Crippen LogP contribution in [-0.2, 0) is 0 Å². The Kier molecular flexibility index (Phi) is 6.26. The second kappa shape index (κ2) is 7.24. The van der Waals surface area contributed by atoms with Crippen molar-refractivity contribution in [2.45, 2.75) is 65.0 Å². The van der Waals surface area contributed by atoms with E-state index in [4.69, 9.17) is 0 Å². The molecule has 1 aliphatic rings. The minimum Gasteiger partial charge on any atom is -0.311 e. The SMILES string of the molecule is CCCCCN1CC(CCC)NCC1C. The van der Waals surface area contributed by atoms with Crippen molar-refractivity contribution in [2.24, 2.45) is 0 Å². The predicted molar refractivity (Wildman–Crippen MR) is 67.3 cm³/mol. The average Bonchev–Trinajstić information content (AvgIpc) is 2.23. The maximum atomic E-state index is 3.65. The van der Waals surface area contributed by atoms with E-state index in [2.05, 4.69) is 31.0 Å². The molecule has 1 heterocycles. The lowest BCUT2D eigenvalue weighted by atomic mass is 10.1. The molecule has 0 amide bonds. The molecule has 0 aromatic rings. The van der Waals surface area contributed by atoms with Gasteiger partial charge in [0.15, 0.2) is 0 Å². The van der Waals surface area contributed by atoms with Crippen molar-refractivity contribution in [3.8, 4) is 0 Å². The summed E-state index contributed by atoms with van der Waals surface area (Å²) in [4.78, 5) is 2.67. The van der Waals surface area contributed by atoms with Crippen LogP contribution in [0, 0.1) is 0 Å². The van der Waals surface area contributed by atoms with Crippen molar-refractivity contribution in [3.05, 3.63) is 0 Å². The van der Waals surface area contributed by atoms with Gasteiger partial charge in [-0.3, -0.25) is 4.90 Å². The van der Waals surface area contributed by atoms with E-state index >= 15 is 0 Å². The zero-order chi connectivity index (χ0) is 11.1. The summed E-state index contributed by atoms with van der Waals surface area (Å²) in [5.74, 6) is 0. The Labute approximate surface area is 95.4 Å². The highest BCUT2D eigenvalue weighted by atomic mass is 15.2. The summed E-state index contributed by atoms with van der Waals surface area (Å²) in [6, 6.07) is 1.47. The van der Waals surface area contributed by atoms with Crippen LogP contribution in [0.25, 0.3) is 0 Å². The molecule has 0 aromatic heterocycles. The molecule has 0 bridgehead atoms. The predicted octanol–water partition coefficient (Wildman–Crippen LogP) is 2.64. The highest BCUT2D eigenvalue weighted by Gasteiger charge is 2.23. The van der Waals surface area contributed by atoms with Crippen molar-refractivity contribution < 1.29 is 0 Å². The Hall–Kier alpha value is -0.0800. The molecule has 2 unspecified atom stereocenters. The normalized spacial score (nSPS) is 28.2. The van der Waals surface area contributed by atoms with Gasteiger partial charge in [0.2, 0.25) is 0 Å². The van der Waals surface area contributed by atoms with Crippen LogP contribution in [0.5, 0.6) is 0 Å². The zero-order valence-electron chi connectivity index (χ0n) is 10.8. The van der Waals surface area contributed by atoms with Gasteiger partial charge in [-0.25, -0.2) is 0 Å². The van der Waals surface area contributed by atoms with Gasteiger partial charge in [-0.1, -0.05) is 33.1 Å². The molecule has 0 spiro atoms. The molecule has 0 aliphatic carbocycles. The summed E-state index contributed by atoms with van der Waals surface area (Å²) in [7, 11) is 0. The first-order valence-corrected chi connectivity index (χ1v) is 6.75. The molecule has 0 aromatic carbocycles. The van der Waals surface area contributed by atoms with Crippen LogP contribution in [0.4, 0.5) is 0 Å². The van der Waals surface area contributed by atoms with E-state index in [1.807, 2.05) is 0 Å².